The van der Waals surface area contributed by atoms with Crippen LogP contribution in [0.25, 0.3) is 0 Å². The van der Waals surface area contributed by atoms with Crippen molar-refractivity contribution >= 4 is 23.8 Å². The molecule has 1 aliphatic carbocycles. The maximum Gasteiger partial charge on any atom is 0.323 e. The number of aliphatic carboxylic acids is 1. The topological polar surface area (TPSA) is 69.6 Å². The Morgan fingerprint density at radius 1 is 1.44 bits per heavy atom. The normalized spacial score (nSPS) is 14.3. The Hall–Kier alpha value is -0.910. The molecule has 5 nitrogen and oxygen atoms in total. The molecular formula is C12H22N2O3S. The van der Waals surface area contributed by atoms with Crippen molar-refractivity contribution in [2.75, 3.05) is 31.1 Å². The number of nitrogens with zero attached hydrogens (tertiary/aromatic N) is 1. The van der Waals surface area contributed by atoms with Gasteiger partial charge in [-0.3, -0.25) is 4.79 Å². The minimum Gasteiger partial charge on any atom is -0.480 e. The monoisotopic (exact) mass is 274 g/mol. The number of hydrogen-bond acceptors (Lipinski definition) is 3. The molecule has 1 aliphatic rings. The fraction of sp³-hybridized carbons (Fsp3) is 0.833. The van der Waals surface area contributed by atoms with Gasteiger partial charge in [0.15, 0.2) is 0 Å². The zero-order valence-corrected chi connectivity index (χ0v) is 11.7. The molecule has 0 heterocycles. The van der Waals surface area contributed by atoms with E-state index in [1.807, 2.05) is 11.8 Å². The number of thioether (sulfide) groups is 1. The third-order valence-electron chi connectivity index (χ3n) is 2.73. The average molecular weight is 274 g/mol. The summed E-state index contributed by atoms with van der Waals surface area (Å²) in [4.78, 5) is 23.9. The molecule has 0 unspecified atom stereocenters. The average Bonchev–Trinajstić information content (AvgIpc) is 3.11. The van der Waals surface area contributed by atoms with Crippen LogP contribution in [0.15, 0.2) is 0 Å². The lowest BCUT2D eigenvalue weighted by atomic mass is 10.3. The van der Waals surface area contributed by atoms with Gasteiger partial charge >= 0.3 is 12.0 Å². The van der Waals surface area contributed by atoms with Gasteiger partial charge in [-0.1, -0.05) is 6.92 Å². The number of nitrogens with one attached hydrogen (secondary N) is 1. The van der Waals surface area contributed by atoms with E-state index in [0.717, 1.165) is 30.8 Å². The van der Waals surface area contributed by atoms with Gasteiger partial charge in [-0.25, -0.2) is 4.79 Å². The van der Waals surface area contributed by atoms with Crippen LogP contribution in [-0.4, -0.2) is 53.1 Å². The molecule has 0 radical (unpaired) electrons. The lowest BCUT2D eigenvalue weighted by molar-refractivity contribution is -0.137. The van der Waals surface area contributed by atoms with Crippen LogP contribution in [-0.2, 0) is 4.79 Å². The van der Waals surface area contributed by atoms with E-state index < -0.39 is 5.97 Å². The summed E-state index contributed by atoms with van der Waals surface area (Å²) in [5.74, 6) is 1.66. The fourth-order valence-electron chi connectivity index (χ4n) is 1.62. The molecule has 0 aromatic rings. The molecule has 1 saturated carbocycles. The summed E-state index contributed by atoms with van der Waals surface area (Å²) in [7, 11) is 0. The van der Waals surface area contributed by atoms with Gasteiger partial charge in [0, 0.05) is 13.1 Å². The summed E-state index contributed by atoms with van der Waals surface area (Å²) in [6.07, 6.45) is 3.14. The number of amides is 2. The first-order chi connectivity index (χ1) is 8.63. The van der Waals surface area contributed by atoms with Crippen LogP contribution in [0.3, 0.4) is 0 Å². The Bertz CT molecular complexity index is 282. The second-order valence-corrected chi connectivity index (χ2v) is 5.89. The van der Waals surface area contributed by atoms with Gasteiger partial charge < -0.3 is 15.3 Å². The minimum absolute atomic E-state index is 0.202. The van der Waals surface area contributed by atoms with Crippen molar-refractivity contribution in [1.82, 2.24) is 10.2 Å². The Morgan fingerprint density at radius 3 is 2.72 bits per heavy atom. The molecule has 18 heavy (non-hydrogen) atoms. The van der Waals surface area contributed by atoms with Crippen molar-refractivity contribution in [2.24, 2.45) is 5.92 Å². The molecular weight excluding hydrogens is 252 g/mol. The maximum atomic E-state index is 11.8. The number of carboxylic acids is 1. The van der Waals surface area contributed by atoms with Crippen molar-refractivity contribution in [1.29, 1.82) is 0 Å². The van der Waals surface area contributed by atoms with Crippen LogP contribution in [0.5, 0.6) is 0 Å². The molecule has 6 heteroatoms. The van der Waals surface area contributed by atoms with E-state index in [1.165, 1.54) is 4.90 Å². The highest BCUT2D eigenvalue weighted by molar-refractivity contribution is 7.99. The molecule has 104 valence electrons. The van der Waals surface area contributed by atoms with E-state index in [-0.39, 0.29) is 12.6 Å². The number of carbonyl (C=O) groups is 2. The lowest BCUT2D eigenvalue weighted by Gasteiger charge is -2.21. The maximum absolute atomic E-state index is 11.8. The summed E-state index contributed by atoms with van der Waals surface area (Å²) < 4.78 is 0. The molecule has 0 spiro atoms. The van der Waals surface area contributed by atoms with Crippen LogP contribution in [0.4, 0.5) is 4.79 Å². The van der Waals surface area contributed by atoms with Gasteiger partial charge in [0.25, 0.3) is 0 Å². The standard InChI is InChI=1S/C12H22N2O3S/c1-2-18-7-3-6-13-12(17)14(9-11(15)16)8-10-4-5-10/h10H,2-9H2,1H3,(H,13,17)(H,15,16). The number of rotatable bonds is 9. The molecule has 2 N–H and O–H groups in total. The summed E-state index contributed by atoms with van der Waals surface area (Å²) in [6.45, 7) is 3.09. The molecule has 1 fully saturated rings. The molecule has 0 aromatic heterocycles. The fourth-order valence-corrected chi connectivity index (χ4v) is 2.26. The van der Waals surface area contributed by atoms with Crippen molar-refractivity contribution in [3.63, 3.8) is 0 Å². The van der Waals surface area contributed by atoms with Gasteiger partial charge in [-0.15, -0.1) is 0 Å². The highest BCUT2D eigenvalue weighted by Gasteiger charge is 2.27. The molecule has 0 atom stereocenters. The SMILES string of the molecule is CCSCCCNC(=O)N(CC(=O)O)CC1CC1. The first-order valence-electron chi connectivity index (χ1n) is 6.45. The zero-order chi connectivity index (χ0) is 13.4. The van der Waals surface area contributed by atoms with Crippen molar-refractivity contribution in [2.45, 2.75) is 26.2 Å². The largest absolute Gasteiger partial charge is 0.480 e. The van der Waals surface area contributed by atoms with Crippen LogP contribution < -0.4 is 5.32 Å². The van der Waals surface area contributed by atoms with Crippen LogP contribution >= 0.6 is 11.8 Å². The van der Waals surface area contributed by atoms with Crippen LogP contribution in [0.2, 0.25) is 0 Å². The molecule has 0 aliphatic heterocycles. The predicted octanol–water partition coefficient (Wildman–Crippen LogP) is 1.64. The van der Waals surface area contributed by atoms with E-state index in [2.05, 4.69) is 12.2 Å². The van der Waals surface area contributed by atoms with Gasteiger partial charge in [-0.05, 0) is 36.7 Å². The van der Waals surface area contributed by atoms with E-state index in [1.54, 1.807) is 0 Å². The van der Waals surface area contributed by atoms with Gasteiger partial charge in [0.05, 0.1) is 0 Å². The second-order valence-electron chi connectivity index (χ2n) is 4.50. The van der Waals surface area contributed by atoms with E-state index >= 15 is 0 Å². The number of carboxylic acid groups (broad SMARTS) is 1. The van der Waals surface area contributed by atoms with Gasteiger partial charge in [-0.2, -0.15) is 11.8 Å². The smallest absolute Gasteiger partial charge is 0.323 e. The molecule has 0 bridgehead atoms. The Kier molecular flexibility index (Phi) is 6.93. The quantitative estimate of drug-likeness (QED) is 0.627. The second kappa shape index (κ2) is 8.24. The molecule has 0 saturated heterocycles. The highest BCUT2D eigenvalue weighted by atomic mass is 32.2. The molecule has 0 aromatic carbocycles. The Morgan fingerprint density at radius 2 is 2.17 bits per heavy atom. The van der Waals surface area contributed by atoms with E-state index in [4.69, 9.17) is 5.11 Å². The summed E-state index contributed by atoms with van der Waals surface area (Å²) in [6, 6.07) is -0.245. The van der Waals surface area contributed by atoms with E-state index in [0.29, 0.717) is 19.0 Å². The number of hydrogen-bond donors (Lipinski definition) is 2. The van der Waals surface area contributed by atoms with Crippen molar-refractivity contribution in [3.8, 4) is 0 Å². The van der Waals surface area contributed by atoms with E-state index in [9.17, 15) is 9.59 Å². The van der Waals surface area contributed by atoms with Gasteiger partial charge in [0.1, 0.15) is 6.54 Å². The van der Waals surface area contributed by atoms with Crippen LogP contribution in [0.1, 0.15) is 26.2 Å². The minimum atomic E-state index is -0.952. The first-order valence-corrected chi connectivity index (χ1v) is 7.61. The van der Waals surface area contributed by atoms with Crippen LogP contribution in [0, 0.1) is 5.92 Å². The number of carbonyl (C=O) groups excluding carboxylic acids is 1. The van der Waals surface area contributed by atoms with Gasteiger partial charge in [0.2, 0.25) is 0 Å². The third-order valence-corrected chi connectivity index (χ3v) is 3.72. The Balaban J connectivity index is 2.22. The molecule has 1 rings (SSSR count). The Labute approximate surface area is 112 Å². The zero-order valence-electron chi connectivity index (χ0n) is 10.9. The summed E-state index contributed by atoms with van der Waals surface area (Å²) in [5.41, 5.74) is 0. The molecule has 2 amide bonds. The number of urea groups is 1. The first kappa shape index (κ1) is 15.1. The summed E-state index contributed by atoms with van der Waals surface area (Å²) in [5, 5.41) is 11.6. The predicted molar refractivity (Wildman–Crippen MR) is 72.9 cm³/mol. The lowest BCUT2D eigenvalue weighted by Crippen LogP contribution is -2.44. The van der Waals surface area contributed by atoms with Crippen molar-refractivity contribution in [3.05, 3.63) is 0 Å². The highest BCUT2D eigenvalue weighted by Crippen LogP contribution is 2.29. The summed E-state index contributed by atoms with van der Waals surface area (Å²) >= 11 is 1.84. The van der Waals surface area contributed by atoms with Crippen molar-refractivity contribution < 1.29 is 14.7 Å². The third kappa shape index (κ3) is 6.74.